The van der Waals surface area contributed by atoms with E-state index in [-0.39, 0.29) is 34.2 Å². The van der Waals surface area contributed by atoms with Crippen LogP contribution in [0, 0.1) is 0 Å². The van der Waals surface area contributed by atoms with Gasteiger partial charge in [-0.2, -0.15) is 8.78 Å². The van der Waals surface area contributed by atoms with Crippen LogP contribution >= 0.6 is 11.3 Å². The second-order valence-electron chi connectivity index (χ2n) is 5.12. The van der Waals surface area contributed by atoms with Gasteiger partial charge in [0.05, 0.1) is 14.2 Å². The number of hydrogen-bond acceptors (Lipinski definition) is 7. The third-order valence-electron chi connectivity index (χ3n) is 3.44. The minimum Gasteiger partial charge on any atom is -0.493 e. The van der Waals surface area contributed by atoms with Crippen LogP contribution in [0.5, 0.6) is 11.5 Å². The minimum absolute atomic E-state index is 0.0137. The monoisotopic (exact) mass is 421 g/mol. The Balaban J connectivity index is 2.05. The molecule has 11 heteroatoms. The quantitative estimate of drug-likeness (QED) is 0.626. The first-order valence-electron chi connectivity index (χ1n) is 7.55. The standard InChI is InChI=1S/C16H17F2NO6S2/c1-23-12-9-10(3-4-11(12)25-16(17)18)5-7-19-27(21,22)13-6-8-26-14(13)15(20)24-2/h3-4,6,8-9,16,19H,5,7H2,1-2H3. The highest BCUT2D eigenvalue weighted by molar-refractivity contribution is 7.89. The second kappa shape index (κ2) is 9.11. The van der Waals surface area contributed by atoms with E-state index in [4.69, 9.17) is 4.74 Å². The summed E-state index contributed by atoms with van der Waals surface area (Å²) in [6.07, 6.45) is 0.266. The van der Waals surface area contributed by atoms with Crippen molar-refractivity contribution < 1.29 is 36.2 Å². The maximum absolute atomic E-state index is 12.4. The van der Waals surface area contributed by atoms with E-state index in [2.05, 4.69) is 14.2 Å². The Kier molecular flexibility index (Phi) is 7.11. The first kappa shape index (κ1) is 21.1. The zero-order valence-corrected chi connectivity index (χ0v) is 16.0. The number of esters is 1. The third kappa shape index (κ3) is 5.37. The normalized spacial score (nSPS) is 11.4. The van der Waals surface area contributed by atoms with Crippen LogP contribution in [0.3, 0.4) is 0 Å². The Hall–Kier alpha value is -2.24. The highest BCUT2D eigenvalue weighted by Crippen LogP contribution is 2.29. The van der Waals surface area contributed by atoms with Crippen molar-refractivity contribution >= 4 is 27.3 Å². The molecule has 0 bridgehead atoms. The Labute approximate surface area is 158 Å². The van der Waals surface area contributed by atoms with Gasteiger partial charge in [0.15, 0.2) is 11.5 Å². The highest BCUT2D eigenvalue weighted by atomic mass is 32.2. The van der Waals surface area contributed by atoms with Gasteiger partial charge in [-0.3, -0.25) is 0 Å². The summed E-state index contributed by atoms with van der Waals surface area (Å²) >= 11 is 0.965. The predicted molar refractivity (Wildman–Crippen MR) is 94.2 cm³/mol. The lowest BCUT2D eigenvalue weighted by molar-refractivity contribution is -0.0512. The molecule has 0 saturated carbocycles. The van der Waals surface area contributed by atoms with Gasteiger partial charge in [-0.05, 0) is 35.6 Å². The lowest BCUT2D eigenvalue weighted by atomic mass is 10.1. The summed E-state index contributed by atoms with van der Waals surface area (Å²) in [5.41, 5.74) is 0.648. The average molecular weight is 421 g/mol. The number of thiophene rings is 1. The maximum atomic E-state index is 12.4. The van der Waals surface area contributed by atoms with Gasteiger partial charge in [0.25, 0.3) is 0 Å². The lowest BCUT2D eigenvalue weighted by Gasteiger charge is -2.12. The van der Waals surface area contributed by atoms with E-state index in [1.807, 2.05) is 0 Å². The number of carbonyl (C=O) groups excluding carboxylic acids is 1. The van der Waals surface area contributed by atoms with E-state index in [9.17, 15) is 22.0 Å². The highest BCUT2D eigenvalue weighted by Gasteiger charge is 2.24. The summed E-state index contributed by atoms with van der Waals surface area (Å²) < 4.78 is 65.7. The molecule has 0 radical (unpaired) electrons. The first-order valence-corrected chi connectivity index (χ1v) is 9.92. The summed E-state index contributed by atoms with van der Waals surface area (Å²) in [6.45, 7) is -2.96. The number of sulfonamides is 1. The molecule has 0 aliphatic heterocycles. The fourth-order valence-electron chi connectivity index (χ4n) is 2.22. The molecule has 1 heterocycles. The fourth-order valence-corrected chi connectivity index (χ4v) is 4.58. The van der Waals surface area contributed by atoms with Gasteiger partial charge in [-0.25, -0.2) is 17.9 Å². The zero-order chi connectivity index (χ0) is 20.0. The summed E-state index contributed by atoms with van der Waals surface area (Å²) in [5, 5.41) is 1.48. The molecule has 0 unspecified atom stereocenters. The molecule has 0 spiro atoms. The molecule has 27 heavy (non-hydrogen) atoms. The molecular weight excluding hydrogens is 404 g/mol. The van der Waals surface area contributed by atoms with Crippen molar-refractivity contribution in [3.63, 3.8) is 0 Å². The molecule has 0 atom stereocenters. The van der Waals surface area contributed by atoms with Crippen molar-refractivity contribution in [3.8, 4) is 11.5 Å². The van der Waals surface area contributed by atoms with Crippen LogP contribution in [0.1, 0.15) is 15.2 Å². The number of rotatable bonds is 9. The summed E-state index contributed by atoms with van der Waals surface area (Å²) in [6, 6.07) is 5.65. The van der Waals surface area contributed by atoms with Crippen LogP contribution in [-0.2, 0) is 21.2 Å². The summed E-state index contributed by atoms with van der Waals surface area (Å²) in [5.74, 6) is -0.732. The van der Waals surface area contributed by atoms with Gasteiger partial charge in [0, 0.05) is 6.54 Å². The summed E-state index contributed by atoms with van der Waals surface area (Å²) in [4.78, 5) is 11.5. The predicted octanol–water partition coefficient (Wildman–Crippen LogP) is 2.67. The number of nitrogens with one attached hydrogen (secondary N) is 1. The maximum Gasteiger partial charge on any atom is 0.387 e. The van der Waals surface area contributed by atoms with Gasteiger partial charge in [0.1, 0.15) is 9.77 Å². The molecule has 0 saturated heterocycles. The van der Waals surface area contributed by atoms with Gasteiger partial charge in [-0.15, -0.1) is 11.3 Å². The molecule has 1 aromatic carbocycles. The molecule has 2 rings (SSSR count). The molecule has 0 aliphatic carbocycles. The Morgan fingerprint density at radius 1 is 1.22 bits per heavy atom. The van der Waals surface area contributed by atoms with Crippen LogP contribution in [0.25, 0.3) is 0 Å². The molecule has 1 N–H and O–H groups in total. The van der Waals surface area contributed by atoms with Crippen LogP contribution in [0.15, 0.2) is 34.5 Å². The second-order valence-corrected chi connectivity index (χ2v) is 7.77. The Bertz CT molecular complexity index is 898. The molecule has 1 aromatic heterocycles. The van der Waals surface area contributed by atoms with Crippen LogP contribution < -0.4 is 14.2 Å². The van der Waals surface area contributed by atoms with Crippen molar-refractivity contribution in [2.75, 3.05) is 20.8 Å². The van der Waals surface area contributed by atoms with Gasteiger partial charge in [0.2, 0.25) is 10.0 Å². The molecular formula is C16H17F2NO6S2. The molecule has 2 aromatic rings. The van der Waals surface area contributed by atoms with Crippen molar-refractivity contribution in [1.29, 1.82) is 0 Å². The molecule has 148 valence electrons. The third-order valence-corrected chi connectivity index (χ3v) is 5.97. The molecule has 7 nitrogen and oxygen atoms in total. The van der Waals surface area contributed by atoms with Crippen molar-refractivity contribution in [3.05, 3.63) is 40.1 Å². The molecule has 0 fully saturated rings. The van der Waals surface area contributed by atoms with Gasteiger partial charge in [-0.1, -0.05) is 6.07 Å². The van der Waals surface area contributed by atoms with Gasteiger partial charge >= 0.3 is 12.6 Å². The van der Waals surface area contributed by atoms with E-state index in [1.165, 1.54) is 43.9 Å². The number of carbonyl (C=O) groups is 1. The molecule has 0 amide bonds. The number of benzene rings is 1. The van der Waals surface area contributed by atoms with Gasteiger partial charge < -0.3 is 14.2 Å². The minimum atomic E-state index is -3.91. The number of alkyl halides is 2. The van der Waals surface area contributed by atoms with E-state index in [0.29, 0.717) is 5.56 Å². The lowest BCUT2D eigenvalue weighted by Crippen LogP contribution is -2.27. The number of ether oxygens (including phenoxy) is 3. The fraction of sp³-hybridized carbons (Fsp3) is 0.312. The van der Waals surface area contributed by atoms with E-state index in [0.717, 1.165) is 11.3 Å². The first-order chi connectivity index (χ1) is 12.8. The van der Waals surface area contributed by atoms with E-state index < -0.39 is 22.6 Å². The topological polar surface area (TPSA) is 90.9 Å². The Morgan fingerprint density at radius 3 is 2.59 bits per heavy atom. The molecule has 0 aliphatic rings. The van der Waals surface area contributed by atoms with E-state index >= 15 is 0 Å². The Morgan fingerprint density at radius 2 is 1.96 bits per heavy atom. The number of halogens is 2. The van der Waals surface area contributed by atoms with Crippen LogP contribution in [0.2, 0.25) is 0 Å². The largest absolute Gasteiger partial charge is 0.493 e. The zero-order valence-electron chi connectivity index (χ0n) is 14.4. The van der Waals surface area contributed by atoms with Crippen LogP contribution in [0.4, 0.5) is 8.78 Å². The van der Waals surface area contributed by atoms with Crippen LogP contribution in [-0.4, -0.2) is 41.8 Å². The number of methoxy groups -OCH3 is 2. The average Bonchev–Trinajstić information content (AvgIpc) is 3.12. The SMILES string of the molecule is COC(=O)c1sccc1S(=O)(=O)NCCc1ccc(OC(F)F)c(OC)c1. The summed E-state index contributed by atoms with van der Waals surface area (Å²) in [7, 11) is -1.43. The van der Waals surface area contributed by atoms with Crippen molar-refractivity contribution in [2.45, 2.75) is 17.9 Å². The number of hydrogen-bond donors (Lipinski definition) is 1. The smallest absolute Gasteiger partial charge is 0.387 e. The van der Waals surface area contributed by atoms with Crippen molar-refractivity contribution in [2.24, 2.45) is 0 Å². The van der Waals surface area contributed by atoms with Crippen molar-refractivity contribution in [1.82, 2.24) is 4.72 Å². The van der Waals surface area contributed by atoms with E-state index in [1.54, 1.807) is 0 Å².